The molecule has 1 N–H and O–H groups in total. The van der Waals surface area contributed by atoms with Crippen LogP contribution in [-0.2, 0) is 6.42 Å². The zero-order valence-electron chi connectivity index (χ0n) is 12.4. The SMILES string of the molecule is CCNC(Cc1cccc(Br)c1)c1cc(C)ccc1C. The zero-order chi connectivity index (χ0) is 14.5. The number of hydrogen-bond acceptors (Lipinski definition) is 1. The van der Waals surface area contributed by atoms with Gasteiger partial charge in [-0.3, -0.25) is 0 Å². The third kappa shape index (κ3) is 3.94. The molecule has 0 aromatic heterocycles. The fourth-order valence-electron chi connectivity index (χ4n) is 2.57. The minimum absolute atomic E-state index is 0.370. The minimum Gasteiger partial charge on any atom is -0.310 e. The average molecular weight is 332 g/mol. The van der Waals surface area contributed by atoms with E-state index in [1.54, 1.807) is 0 Å². The molecule has 0 bridgehead atoms. The summed E-state index contributed by atoms with van der Waals surface area (Å²) in [5.41, 5.74) is 5.44. The molecule has 0 radical (unpaired) electrons. The van der Waals surface area contributed by atoms with E-state index in [1.165, 1.54) is 22.3 Å². The van der Waals surface area contributed by atoms with Crippen LogP contribution in [0.2, 0.25) is 0 Å². The first-order valence-electron chi connectivity index (χ1n) is 7.15. The van der Waals surface area contributed by atoms with Crippen LogP contribution in [-0.4, -0.2) is 6.54 Å². The van der Waals surface area contributed by atoms with Crippen molar-refractivity contribution in [1.82, 2.24) is 5.32 Å². The maximum atomic E-state index is 3.62. The van der Waals surface area contributed by atoms with Gasteiger partial charge in [0.2, 0.25) is 0 Å². The first-order valence-corrected chi connectivity index (χ1v) is 7.94. The van der Waals surface area contributed by atoms with Crippen molar-refractivity contribution in [3.8, 4) is 0 Å². The Bertz CT molecular complexity index is 577. The summed E-state index contributed by atoms with van der Waals surface area (Å²) in [6, 6.07) is 15.6. The largest absolute Gasteiger partial charge is 0.310 e. The predicted molar refractivity (Wildman–Crippen MR) is 90.2 cm³/mol. The van der Waals surface area contributed by atoms with Gasteiger partial charge in [0.25, 0.3) is 0 Å². The van der Waals surface area contributed by atoms with Crippen molar-refractivity contribution in [3.63, 3.8) is 0 Å². The molecule has 0 amide bonds. The summed E-state index contributed by atoms with van der Waals surface area (Å²) in [6.45, 7) is 7.50. The number of nitrogens with one attached hydrogen (secondary N) is 1. The number of hydrogen-bond donors (Lipinski definition) is 1. The Kier molecular flexibility index (Phi) is 5.38. The summed E-state index contributed by atoms with van der Waals surface area (Å²) in [4.78, 5) is 0. The fourth-order valence-corrected chi connectivity index (χ4v) is 3.02. The van der Waals surface area contributed by atoms with Crippen LogP contribution in [0.3, 0.4) is 0 Å². The quantitative estimate of drug-likeness (QED) is 0.816. The molecule has 0 aliphatic heterocycles. The molecule has 0 aliphatic carbocycles. The third-order valence-electron chi connectivity index (χ3n) is 3.59. The van der Waals surface area contributed by atoms with Gasteiger partial charge in [-0.2, -0.15) is 0 Å². The average Bonchev–Trinajstić information content (AvgIpc) is 2.41. The van der Waals surface area contributed by atoms with Gasteiger partial charge in [-0.05, 0) is 55.6 Å². The topological polar surface area (TPSA) is 12.0 Å². The second kappa shape index (κ2) is 7.05. The molecule has 2 aromatic rings. The van der Waals surface area contributed by atoms with Gasteiger partial charge in [0.1, 0.15) is 0 Å². The number of benzene rings is 2. The molecule has 2 heteroatoms. The molecule has 0 heterocycles. The summed E-state index contributed by atoms with van der Waals surface area (Å²) in [6.07, 6.45) is 1.01. The molecule has 2 rings (SSSR count). The van der Waals surface area contributed by atoms with Gasteiger partial charge in [-0.1, -0.05) is 58.7 Å². The van der Waals surface area contributed by atoms with Crippen LogP contribution in [0.5, 0.6) is 0 Å². The van der Waals surface area contributed by atoms with E-state index in [2.05, 4.69) is 84.5 Å². The summed E-state index contributed by atoms with van der Waals surface area (Å²) in [5.74, 6) is 0. The molecule has 0 aliphatic rings. The van der Waals surface area contributed by atoms with Crippen LogP contribution in [0.1, 0.15) is 35.2 Å². The monoisotopic (exact) mass is 331 g/mol. The van der Waals surface area contributed by atoms with E-state index in [4.69, 9.17) is 0 Å². The standard InChI is InChI=1S/C18H22BrN/c1-4-20-18(12-15-6-5-7-16(19)11-15)17-10-13(2)8-9-14(17)3/h5-11,18,20H,4,12H2,1-3H3. The Morgan fingerprint density at radius 2 is 1.90 bits per heavy atom. The molecule has 0 fully saturated rings. The molecule has 0 spiro atoms. The van der Waals surface area contributed by atoms with E-state index in [1.807, 2.05) is 0 Å². The smallest absolute Gasteiger partial charge is 0.0363 e. The summed E-state index contributed by atoms with van der Waals surface area (Å²) < 4.78 is 1.14. The Balaban J connectivity index is 2.29. The van der Waals surface area contributed by atoms with Crippen molar-refractivity contribution in [2.24, 2.45) is 0 Å². The summed E-state index contributed by atoms with van der Waals surface area (Å²) in [7, 11) is 0. The van der Waals surface area contributed by atoms with Crippen LogP contribution in [0.4, 0.5) is 0 Å². The zero-order valence-corrected chi connectivity index (χ0v) is 14.0. The highest BCUT2D eigenvalue weighted by atomic mass is 79.9. The maximum Gasteiger partial charge on any atom is 0.0363 e. The number of aryl methyl sites for hydroxylation is 2. The van der Waals surface area contributed by atoms with Crippen molar-refractivity contribution < 1.29 is 0 Å². The highest BCUT2D eigenvalue weighted by Crippen LogP contribution is 2.24. The highest BCUT2D eigenvalue weighted by molar-refractivity contribution is 9.10. The van der Waals surface area contributed by atoms with Crippen LogP contribution in [0.15, 0.2) is 46.9 Å². The molecule has 2 aromatic carbocycles. The normalized spacial score (nSPS) is 12.4. The molecule has 1 atom stereocenters. The van der Waals surface area contributed by atoms with Crippen LogP contribution in [0, 0.1) is 13.8 Å². The van der Waals surface area contributed by atoms with Crippen LogP contribution >= 0.6 is 15.9 Å². The van der Waals surface area contributed by atoms with E-state index in [0.717, 1.165) is 17.4 Å². The molecule has 0 saturated heterocycles. The van der Waals surface area contributed by atoms with Crippen molar-refractivity contribution in [3.05, 3.63) is 69.2 Å². The molecular formula is C18H22BrN. The van der Waals surface area contributed by atoms with Gasteiger partial charge >= 0.3 is 0 Å². The van der Waals surface area contributed by atoms with Gasteiger partial charge in [-0.15, -0.1) is 0 Å². The molecule has 1 nitrogen and oxygen atoms in total. The lowest BCUT2D eigenvalue weighted by Gasteiger charge is -2.21. The first kappa shape index (κ1) is 15.3. The van der Waals surface area contributed by atoms with Crippen LogP contribution < -0.4 is 5.32 Å². The first-order chi connectivity index (χ1) is 9.60. The second-order valence-corrected chi connectivity index (χ2v) is 6.22. The van der Waals surface area contributed by atoms with Gasteiger partial charge < -0.3 is 5.32 Å². The summed E-state index contributed by atoms with van der Waals surface area (Å²) in [5, 5.41) is 3.62. The minimum atomic E-state index is 0.370. The number of likely N-dealkylation sites (N-methyl/N-ethyl adjacent to an activating group) is 1. The highest BCUT2D eigenvalue weighted by Gasteiger charge is 2.13. The lowest BCUT2D eigenvalue weighted by Crippen LogP contribution is -2.23. The van der Waals surface area contributed by atoms with Gasteiger partial charge in [-0.25, -0.2) is 0 Å². The molecule has 20 heavy (non-hydrogen) atoms. The number of halogens is 1. The van der Waals surface area contributed by atoms with Crippen LogP contribution in [0.25, 0.3) is 0 Å². The van der Waals surface area contributed by atoms with Gasteiger partial charge in [0.05, 0.1) is 0 Å². The van der Waals surface area contributed by atoms with E-state index >= 15 is 0 Å². The fraction of sp³-hybridized carbons (Fsp3) is 0.333. The molecule has 0 saturated carbocycles. The van der Waals surface area contributed by atoms with E-state index in [9.17, 15) is 0 Å². The third-order valence-corrected chi connectivity index (χ3v) is 4.08. The molecule has 106 valence electrons. The number of rotatable bonds is 5. The van der Waals surface area contributed by atoms with Gasteiger partial charge in [0.15, 0.2) is 0 Å². The maximum absolute atomic E-state index is 3.62. The van der Waals surface area contributed by atoms with E-state index in [-0.39, 0.29) is 0 Å². The molecular weight excluding hydrogens is 310 g/mol. The van der Waals surface area contributed by atoms with Crippen molar-refractivity contribution in [1.29, 1.82) is 0 Å². The van der Waals surface area contributed by atoms with Crippen molar-refractivity contribution >= 4 is 15.9 Å². The van der Waals surface area contributed by atoms with Crippen molar-refractivity contribution in [2.75, 3.05) is 6.54 Å². The lowest BCUT2D eigenvalue weighted by atomic mass is 9.94. The predicted octanol–water partition coefficient (Wildman–Crippen LogP) is 4.96. The Labute approximate surface area is 130 Å². The van der Waals surface area contributed by atoms with Crippen molar-refractivity contribution in [2.45, 2.75) is 33.2 Å². The summed E-state index contributed by atoms with van der Waals surface area (Å²) >= 11 is 3.55. The van der Waals surface area contributed by atoms with Gasteiger partial charge in [0, 0.05) is 10.5 Å². The Morgan fingerprint density at radius 3 is 2.60 bits per heavy atom. The Hall–Kier alpha value is -1.12. The van der Waals surface area contributed by atoms with E-state index < -0.39 is 0 Å². The second-order valence-electron chi connectivity index (χ2n) is 5.30. The van der Waals surface area contributed by atoms with E-state index in [0.29, 0.717) is 6.04 Å². The lowest BCUT2D eigenvalue weighted by molar-refractivity contribution is 0.547. The molecule has 1 unspecified atom stereocenters. The Morgan fingerprint density at radius 1 is 1.10 bits per heavy atom.